The molecular weight excluding hydrogens is 472 g/mol. The number of benzene rings is 3. The van der Waals surface area contributed by atoms with Crippen LogP contribution in [0.4, 0.5) is 0 Å². The fourth-order valence-corrected chi connectivity index (χ4v) is 4.58. The van der Waals surface area contributed by atoms with Gasteiger partial charge in [0.2, 0.25) is 12.5 Å². The maximum Gasteiger partial charge on any atom is 0.345 e. The molecular formula is C26H26O10. The van der Waals surface area contributed by atoms with Gasteiger partial charge in [-0.2, -0.15) is 0 Å². The molecule has 1 aliphatic rings. The van der Waals surface area contributed by atoms with Crippen LogP contribution in [0.5, 0.6) is 34.5 Å². The molecule has 0 radical (unpaired) electrons. The van der Waals surface area contributed by atoms with Crippen LogP contribution >= 0.6 is 0 Å². The molecule has 0 saturated heterocycles. The van der Waals surface area contributed by atoms with Crippen molar-refractivity contribution in [3.63, 3.8) is 0 Å². The Kier molecular flexibility index (Phi) is 6.69. The van der Waals surface area contributed by atoms with Gasteiger partial charge in [0.25, 0.3) is 0 Å². The van der Waals surface area contributed by atoms with E-state index in [9.17, 15) is 9.59 Å². The first-order valence-electron chi connectivity index (χ1n) is 10.8. The maximum atomic E-state index is 13.3. The van der Waals surface area contributed by atoms with Crippen molar-refractivity contribution < 1.29 is 47.5 Å². The summed E-state index contributed by atoms with van der Waals surface area (Å²) in [4.78, 5) is 26.3. The monoisotopic (exact) mass is 498 g/mol. The van der Waals surface area contributed by atoms with Crippen molar-refractivity contribution in [1.82, 2.24) is 0 Å². The zero-order valence-corrected chi connectivity index (χ0v) is 21.0. The van der Waals surface area contributed by atoms with Crippen LogP contribution in [0.15, 0.2) is 18.2 Å². The van der Waals surface area contributed by atoms with Crippen LogP contribution in [0.25, 0.3) is 21.9 Å². The van der Waals surface area contributed by atoms with E-state index in [1.54, 1.807) is 25.1 Å². The van der Waals surface area contributed by atoms with Crippen LogP contribution in [0.3, 0.4) is 0 Å². The van der Waals surface area contributed by atoms with Gasteiger partial charge in [-0.1, -0.05) is 6.07 Å². The molecule has 0 spiro atoms. The van der Waals surface area contributed by atoms with Crippen LogP contribution in [-0.2, 0) is 9.47 Å². The highest BCUT2D eigenvalue weighted by atomic mass is 16.7. The molecule has 3 aromatic carbocycles. The fraction of sp³-hybridized carbons (Fsp3) is 0.308. The highest BCUT2D eigenvalue weighted by Gasteiger charge is 2.37. The van der Waals surface area contributed by atoms with Crippen molar-refractivity contribution in [3.8, 4) is 45.6 Å². The summed E-state index contributed by atoms with van der Waals surface area (Å²) in [5.74, 6) is 0.512. The number of fused-ring (bicyclic) bond motifs is 3. The van der Waals surface area contributed by atoms with Crippen molar-refractivity contribution >= 4 is 22.7 Å². The zero-order chi connectivity index (χ0) is 26.1. The van der Waals surface area contributed by atoms with Crippen molar-refractivity contribution in [2.75, 3.05) is 49.5 Å². The van der Waals surface area contributed by atoms with Crippen molar-refractivity contribution in [3.05, 3.63) is 34.9 Å². The Labute approximate surface area is 207 Å². The summed E-state index contributed by atoms with van der Waals surface area (Å²) in [6.45, 7) is 1.47. The van der Waals surface area contributed by atoms with Gasteiger partial charge in [0.05, 0.1) is 48.2 Å². The largest absolute Gasteiger partial charge is 0.493 e. The van der Waals surface area contributed by atoms with Gasteiger partial charge in [0.15, 0.2) is 23.0 Å². The standard InChI is InChI=1S/C26H26O10/c1-12-16-18(23(32-5)24(33-6)21(12)31-4)17(13-8-9-14(29-2)15(10-13)30-3)19(25(27)34-7)20-22(16)35-11-36-26(20)28/h8-10H,11H2,1-7H3. The van der Waals surface area contributed by atoms with Gasteiger partial charge in [0.1, 0.15) is 11.3 Å². The van der Waals surface area contributed by atoms with Gasteiger partial charge >= 0.3 is 11.9 Å². The van der Waals surface area contributed by atoms with E-state index < -0.39 is 11.9 Å². The van der Waals surface area contributed by atoms with E-state index in [-0.39, 0.29) is 29.4 Å². The number of esters is 2. The molecule has 0 atom stereocenters. The molecule has 0 fully saturated rings. The average molecular weight is 498 g/mol. The second-order valence-electron chi connectivity index (χ2n) is 7.68. The minimum Gasteiger partial charge on any atom is -0.493 e. The van der Waals surface area contributed by atoms with Crippen LogP contribution in [0, 0.1) is 6.92 Å². The number of carbonyl (C=O) groups excluding carboxylic acids is 2. The number of hydrogen-bond donors (Lipinski definition) is 0. The number of cyclic esters (lactones) is 1. The summed E-state index contributed by atoms with van der Waals surface area (Å²) >= 11 is 0. The molecule has 0 unspecified atom stereocenters. The lowest BCUT2D eigenvalue weighted by molar-refractivity contribution is 0.00492. The molecule has 0 saturated carbocycles. The van der Waals surface area contributed by atoms with Gasteiger partial charge in [-0.15, -0.1) is 0 Å². The predicted octanol–water partition coefficient (Wildman–Crippen LogP) is 4.15. The Morgan fingerprint density at radius 2 is 1.44 bits per heavy atom. The first-order valence-corrected chi connectivity index (χ1v) is 10.8. The molecule has 10 heteroatoms. The van der Waals surface area contributed by atoms with Gasteiger partial charge in [0, 0.05) is 21.9 Å². The Hall–Kier alpha value is -4.34. The second kappa shape index (κ2) is 9.73. The molecule has 0 aromatic heterocycles. The molecule has 0 amide bonds. The smallest absolute Gasteiger partial charge is 0.345 e. The lowest BCUT2D eigenvalue weighted by atomic mass is 9.85. The Balaban J connectivity index is 2.36. The van der Waals surface area contributed by atoms with Gasteiger partial charge in [-0.05, 0) is 24.6 Å². The van der Waals surface area contributed by atoms with Crippen LogP contribution in [0.2, 0.25) is 0 Å². The summed E-state index contributed by atoms with van der Waals surface area (Å²) in [5.41, 5.74) is 1.34. The summed E-state index contributed by atoms with van der Waals surface area (Å²) in [6.07, 6.45) is 0. The Bertz CT molecular complexity index is 1380. The number of hydrogen-bond acceptors (Lipinski definition) is 10. The van der Waals surface area contributed by atoms with Gasteiger partial charge in [-0.25, -0.2) is 9.59 Å². The van der Waals surface area contributed by atoms with E-state index in [0.717, 1.165) is 0 Å². The molecule has 190 valence electrons. The highest BCUT2D eigenvalue weighted by Crippen LogP contribution is 2.55. The zero-order valence-electron chi connectivity index (χ0n) is 21.0. The minimum atomic E-state index is -0.769. The van der Waals surface area contributed by atoms with Gasteiger partial charge < -0.3 is 37.9 Å². The lowest BCUT2D eigenvalue weighted by Gasteiger charge is -2.27. The Morgan fingerprint density at radius 1 is 0.778 bits per heavy atom. The first-order chi connectivity index (χ1) is 17.4. The minimum absolute atomic E-state index is 0.0539. The molecule has 36 heavy (non-hydrogen) atoms. The van der Waals surface area contributed by atoms with Crippen LogP contribution in [-0.4, -0.2) is 61.4 Å². The summed E-state index contributed by atoms with van der Waals surface area (Å²) in [5, 5.41) is 0.947. The number of ether oxygens (including phenoxy) is 8. The third kappa shape index (κ3) is 3.57. The summed E-state index contributed by atoms with van der Waals surface area (Å²) in [7, 11) is 8.69. The summed E-state index contributed by atoms with van der Waals surface area (Å²) < 4.78 is 44.1. The van der Waals surface area contributed by atoms with Crippen molar-refractivity contribution in [2.24, 2.45) is 0 Å². The lowest BCUT2D eigenvalue weighted by Crippen LogP contribution is -2.24. The number of carbonyl (C=O) groups is 2. The molecule has 1 aliphatic heterocycles. The number of rotatable bonds is 7. The van der Waals surface area contributed by atoms with E-state index >= 15 is 0 Å². The second-order valence-corrected chi connectivity index (χ2v) is 7.68. The quantitative estimate of drug-likeness (QED) is 0.441. The fourth-order valence-electron chi connectivity index (χ4n) is 4.58. The molecule has 10 nitrogen and oxygen atoms in total. The van der Waals surface area contributed by atoms with E-state index in [4.69, 9.17) is 37.9 Å². The topological polar surface area (TPSA) is 108 Å². The highest BCUT2D eigenvalue weighted by molar-refractivity contribution is 6.21. The first kappa shape index (κ1) is 24.8. The number of aryl methyl sites for hydroxylation is 1. The summed E-state index contributed by atoms with van der Waals surface area (Å²) in [6, 6.07) is 5.11. The maximum absolute atomic E-state index is 13.3. The van der Waals surface area contributed by atoms with Crippen LogP contribution in [0.1, 0.15) is 26.3 Å². The molecule has 4 rings (SSSR count). The third-order valence-electron chi connectivity index (χ3n) is 6.08. The Morgan fingerprint density at radius 3 is 2.03 bits per heavy atom. The average Bonchev–Trinajstić information content (AvgIpc) is 2.90. The predicted molar refractivity (Wildman–Crippen MR) is 129 cm³/mol. The molecule has 0 aliphatic carbocycles. The molecule has 3 aromatic rings. The van der Waals surface area contributed by atoms with E-state index in [1.165, 1.54) is 42.7 Å². The van der Waals surface area contributed by atoms with Gasteiger partial charge in [-0.3, -0.25) is 0 Å². The van der Waals surface area contributed by atoms with Crippen LogP contribution < -0.4 is 28.4 Å². The molecule has 1 heterocycles. The molecule has 0 N–H and O–H groups in total. The third-order valence-corrected chi connectivity index (χ3v) is 6.08. The normalized spacial score (nSPS) is 12.2. The van der Waals surface area contributed by atoms with E-state index in [0.29, 0.717) is 50.5 Å². The van der Waals surface area contributed by atoms with E-state index in [1.807, 2.05) is 0 Å². The SMILES string of the molecule is COC(=O)c1c2c(c3c(C)c(OC)c(OC)c(OC)c3c1-c1ccc(OC)c(OC)c1)OCOC2=O. The van der Waals surface area contributed by atoms with Crippen molar-refractivity contribution in [1.29, 1.82) is 0 Å². The van der Waals surface area contributed by atoms with E-state index in [2.05, 4.69) is 0 Å². The van der Waals surface area contributed by atoms with Crippen molar-refractivity contribution in [2.45, 2.75) is 6.92 Å². The number of methoxy groups -OCH3 is 6. The molecule has 0 bridgehead atoms.